The van der Waals surface area contributed by atoms with Crippen LogP contribution in [-0.4, -0.2) is 4.98 Å². The van der Waals surface area contributed by atoms with Crippen LogP contribution in [0.5, 0.6) is 11.6 Å². The molecule has 0 aliphatic heterocycles. The smallest absolute Gasteiger partial charge is 0.219 e. The molecule has 5 heteroatoms. The minimum Gasteiger partial charge on any atom is -0.439 e. The van der Waals surface area contributed by atoms with Crippen molar-refractivity contribution in [3.63, 3.8) is 0 Å². The first kappa shape index (κ1) is 12.4. The lowest BCUT2D eigenvalue weighted by atomic mass is 10.2. The second-order valence-corrected chi connectivity index (χ2v) is 3.90. The summed E-state index contributed by atoms with van der Waals surface area (Å²) in [4.78, 5) is 4.03. The highest BCUT2D eigenvalue weighted by atomic mass is 19.2. The molecule has 0 radical (unpaired) electrons. The normalized spacial score (nSPS) is 12.2. The van der Waals surface area contributed by atoms with Crippen LogP contribution in [0.25, 0.3) is 0 Å². The summed E-state index contributed by atoms with van der Waals surface area (Å²) in [6.45, 7) is 1.84. The molecule has 94 valence electrons. The van der Waals surface area contributed by atoms with Crippen molar-refractivity contribution in [3.8, 4) is 11.6 Å². The van der Waals surface area contributed by atoms with E-state index < -0.39 is 11.6 Å². The molecule has 0 aliphatic carbocycles. The summed E-state index contributed by atoms with van der Waals surface area (Å²) in [5.74, 6) is -1.39. The number of hydrogen-bond donors (Lipinski definition) is 1. The molecule has 0 saturated heterocycles. The summed E-state index contributed by atoms with van der Waals surface area (Å²) in [6, 6.07) is 6.58. The molecule has 1 aromatic carbocycles. The van der Waals surface area contributed by atoms with Gasteiger partial charge in [0.1, 0.15) is 5.75 Å². The minimum absolute atomic E-state index is 0.116. The molecule has 0 spiro atoms. The van der Waals surface area contributed by atoms with Crippen LogP contribution in [0.2, 0.25) is 0 Å². The van der Waals surface area contributed by atoms with Crippen molar-refractivity contribution in [2.24, 2.45) is 5.73 Å². The molecule has 0 aliphatic rings. The Balaban J connectivity index is 2.15. The van der Waals surface area contributed by atoms with E-state index in [-0.39, 0.29) is 11.8 Å². The quantitative estimate of drug-likeness (QED) is 0.910. The van der Waals surface area contributed by atoms with Crippen molar-refractivity contribution < 1.29 is 13.5 Å². The topological polar surface area (TPSA) is 48.1 Å². The number of rotatable bonds is 3. The molecule has 0 saturated carbocycles. The third-order valence-electron chi connectivity index (χ3n) is 2.40. The summed E-state index contributed by atoms with van der Waals surface area (Å²) < 4.78 is 31.0. The standard InChI is InChI=1S/C13H12F2N2O/c1-8(16)9-2-5-13(17-7-9)18-10-3-4-11(14)12(15)6-10/h2-8H,16H2,1H3/t8-/m1/s1. The zero-order valence-corrected chi connectivity index (χ0v) is 9.73. The number of nitrogens with two attached hydrogens (primary N) is 1. The van der Waals surface area contributed by atoms with Gasteiger partial charge < -0.3 is 10.5 Å². The highest BCUT2D eigenvalue weighted by Crippen LogP contribution is 2.22. The van der Waals surface area contributed by atoms with Crippen LogP contribution in [0.4, 0.5) is 8.78 Å². The molecule has 0 bridgehead atoms. The van der Waals surface area contributed by atoms with E-state index in [2.05, 4.69) is 4.98 Å². The largest absolute Gasteiger partial charge is 0.439 e. The van der Waals surface area contributed by atoms with Gasteiger partial charge in [0.2, 0.25) is 5.88 Å². The molecule has 0 amide bonds. The van der Waals surface area contributed by atoms with E-state index in [4.69, 9.17) is 10.5 Å². The van der Waals surface area contributed by atoms with Crippen molar-refractivity contribution in [1.29, 1.82) is 0 Å². The van der Waals surface area contributed by atoms with Crippen molar-refractivity contribution in [1.82, 2.24) is 4.98 Å². The summed E-state index contributed by atoms with van der Waals surface area (Å²) in [7, 11) is 0. The molecular formula is C13H12F2N2O. The molecule has 2 rings (SSSR count). The number of benzene rings is 1. The maximum absolute atomic E-state index is 13.0. The Bertz CT molecular complexity index is 541. The molecule has 1 aromatic heterocycles. The van der Waals surface area contributed by atoms with Crippen LogP contribution in [-0.2, 0) is 0 Å². The SMILES string of the molecule is C[C@@H](N)c1ccc(Oc2ccc(F)c(F)c2)nc1. The van der Waals surface area contributed by atoms with Gasteiger partial charge in [0, 0.05) is 24.4 Å². The lowest BCUT2D eigenvalue weighted by Crippen LogP contribution is -2.05. The fourth-order valence-corrected chi connectivity index (χ4v) is 1.38. The van der Waals surface area contributed by atoms with Crippen molar-refractivity contribution in [3.05, 3.63) is 53.7 Å². The number of pyridine rings is 1. The fraction of sp³-hybridized carbons (Fsp3) is 0.154. The van der Waals surface area contributed by atoms with Crippen LogP contribution in [0.15, 0.2) is 36.5 Å². The lowest BCUT2D eigenvalue weighted by Gasteiger charge is -2.07. The van der Waals surface area contributed by atoms with E-state index >= 15 is 0 Å². The van der Waals surface area contributed by atoms with Crippen LogP contribution >= 0.6 is 0 Å². The average Bonchev–Trinajstić information content (AvgIpc) is 2.34. The Kier molecular flexibility index (Phi) is 3.53. The maximum Gasteiger partial charge on any atom is 0.219 e. The van der Waals surface area contributed by atoms with E-state index in [0.29, 0.717) is 5.88 Å². The Labute approximate surface area is 103 Å². The first-order valence-corrected chi connectivity index (χ1v) is 5.40. The Morgan fingerprint density at radius 2 is 1.94 bits per heavy atom. The third-order valence-corrected chi connectivity index (χ3v) is 2.40. The third kappa shape index (κ3) is 2.81. The van der Waals surface area contributed by atoms with Gasteiger partial charge in [0.25, 0.3) is 0 Å². The lowest BCUT2D eigenvalue weighted by molar-refractivity contribution is 0.447. The number of hydrogen-bond acceptors (Lipinski definition) is 3. The second kappa shape index (κ2) is 5.10. The van der Waals surface area contributed by atoms with Gasteiger partial charge in [-0.15, -0.1) is 0 Å². The number of aromatic nitrogens is 1. The predicted octanol–water partition coefficient (Wildman–Crippen LogP) is 3.17. The van der Waals surface area contributed by atoms with E-state index in [1.807, 2.05) is 6.92 Å². The first-order chi connectivity index (χ1) is 8.56. The van der Waals surface area contributed by atoms with Gasteiger partial charge in [-0.05, 0) is 24.6 Å². The van der Waals surface area contributed by atoms with Gasteiger partial charge in [0.15, 0.2) is 11.6 Å². The number of ether oxygens (including phenoxy) is 1. The second-order valence-electron chi connectivity index (χ2n) is 3.90. The molecule has 1 atom stereocenters. The molecule has 0 unspecified atom stereocenters. The zero-order valence-electron chi connectivity index (χ0n) is 9.73. The molecule has 2 aromatic rings. The summed E-state index contributed by atoms with van der Waals surface area (Å²) in [5.41, 5.74) is 6.55. The summed E-state index contributed by atoms with van der Waals surface area (Å²) in [5, 5.41) is 0. The van der Waals surface area contributed by atoms with E-state index in [1.54, 1.807) is 18.3 Å². The molecule has 1 heterocycles. The van der Waals surface area contributed by atoms with Gasteiger partial charge >= 0.3 is 0 Å². The van der Waals surface area contributed by atoms with Crippen LogP contribution < -0.4 is 10.5 Å². The first-order valence-electron chi connectivity index (χ1n) is 5.40. The van der Waals surface area contributed by atoms with E-state index in [0.717, 1.165) is 17.7 Å². The van der Waals surface area contributed by atoms with Crippen LogP contribution in [0.3, 0.4) is 0 Å². The Morgan fingerprint density at radius 1 is 1.17 bits per heavy atom. The average molecular weight is 250 g/mol. The molecule has 0 fully saturated rings. The molecule has 3 nitrogen and oxygen atoms in total. The minimum atomic E-state index is -0.959. The zero-order chi connectivity index (χ0) is 13.1. The molecular weight excluding hydrogens is 238 g/mol. The Morgan fingerprint density at radius 3 is 2.50 bits per heavy atom. The van der Waals surface area contributed by atoms with Crippen molar-refractivity contribution >= 4 is 0 Å². The highest BCUT2D eigenvalue weighted by Gasteiger charge is 2.05. The van der Waals surface area contributed by atoms with Crippen molar-refractivity contribution in [2.45, 2.75) is 13.0 Å². The van der Waals surface area contributed by atoms with Gasteiger partial charge in [-0.3, -0.25) is 0 Å². The molecule has 18 heavy (non-hydrogen) atoms. The van der Waals surface area contributed by atoms with E-state index in [1.165, 1.54) is 6.07 Å². The maximum atomic E-state index is 13.0. The van der Waals surface area contributed by atoms with Crippen molar-refractivity contribution in [2.75, 3.05) is 0 Å². The fourth-order valence-electron chi connectivity index (χ4n) is 1.38. The van der Waals surface area contributed by atoms with Gasteiger partial charge in [-0.2, -0.15) is 0 Å². The number of nitrogens with zero attached hydrogens (tertiary/aromatic N) is 1. The highest BCUT2D eigenvalue weighted by molar-refractivity contribution is 5.29. The predicted molar refractivity (Wildman–Crippen MR) is 63.3 cm³/mol. The number of halogens is 2. The van der Waals surface area contributed by atoms with Crippen LogP contribution in [0.1, 0.15) is 18.5 Å². The summed E-state index contributed by atoms with van der Waals surface area (Å²) in [6.07, 6.45) is 1.58. The van der Waals surface area contributed by atoms with E-state index in [9.17, 15) is 8.78 Å². The Hall–Kier alpha value is -2.01. The van der Waals surface area contributed by atoms with Gasteiger partial charge in [-0.1, -0.05) is 6.07 Å². The van der Waals surface area contributed by atoms with Crippen LogP contribution in [0, 0.1) is 11.6 Å². The summed E-state index contributed by atoms with van der Waals surface area (Å²) >= 11 is 0. The molecule has 2 N–H and O–H groups in total. The van der Waals surface area contributed by atoms with Gasteiger partial charge in [0.05, 0.1) is 0 Å². The monoisotopic (exact) mass is 250 g/mol. The van der Waals surface area contributed by atoms with Gasteiger partial charge in [-0.25, -0.2) is 13.8 Å².